The van der Waals surface area contributed by atoms with Crippen molar-refractivity contribution < 1.29 is 4.39 Å². The Morgan fingerprint density at radius 2 is 2.00 bits per heavy atom. The Bertz CT molecular complexity index is 312. The van der Waals surface area contributed by atoms with Crippen molar-refractivity contribution >= 4 is 22.6 Å². The van der Waals surface area contributed by atoms with Gasteiger partial charge in [0.05, 0.1) is 9.26 Å². The van der Waals surface area contributed by atoms with Gasteiger partial charge in [-0.15, -0.1) is 0 Å². The lowest BCUT2D eigenvalue weighted by Crippen LogP contribution is -2.14. The first kappa shape index (κ1) is 10.9. The Labute approximate surface area is 91.7 Å². The highest BCUT2D eigenvalue weighted by Gasteiger charge is 2.24. The molecule has 4 heteroatoms. The van der Waals surface area contributed by atoms with Crippen LogP contribution in [0.5, 0.6) is 0 Å². The molecule has 0 fully saturated rings. The summed E-state index contributed by atoms with van der Waals surface area (Å²) in [6.45, 7) is 8.58. The van der Waals surface area contributed by atoms with Crippen molar-refractivity contribution in [1.82, 2.24) is 9.78 Å². The third kappa shape index (κ3) is 2.03. The lowest BCUT2D eigenvalue weighted by Gasteiger charge is -2.15. The van der Waals surface area contributed by atoms with Crippen LogP contribution in [-0.4, -0.2) is 9.78 Å². The van der Waals surface area contributed by atoms with E-state index in [-0.39, 0.29) is 11.4 Å². The molecule has 1 aromatic rings. The standard InChI is InChI=1S/C9H14FIN2/c1-5-13-8(10)6(11)7(12-13)9(2,3)4/h5H2,1-4H3. The molecule has 13 heavy (non-hydrogen) atoms. The van der Waals surface area contributed by atoms with Crippen molar-refractivity contribution in [3.63, 3.8) is 0 Å². The fourth-order valence-corrected chi connectivity index (χ4v) is 2.30. The topological polar surface area (TPSA) is 17.8 Å². The Morgan fingerprint density at radius 1 is 1.46 bits per heavy atom. The van der Waals surface area contributed by atoms with Gasteiger partial charge in [0.15, 0.2) is 0 Å². The van der Waals surface area contributed by atoms with Crippen LogP contribution in [0.25, 0.3) is 0 Å². The zero-order chi connectivity index (χ0) is 10.2. The van der Waals surface area contributed by atoms with Crippen LogP contribution < -0.4 is 0 Å². The average molecular weight is 296 g/mol. The summed E-state index contributed by atoms with van der Waals surface area (Å²) in [5.74, 6) is -0.215. The van der Waals surface area contributed by atoms with Gasteiger partial charge in [0.2, 0.25) is 5.95 Å². The minimum Gasteiger partial charge on any atom is -0.239 e. The Balaban J connectivity index is 3.25. The van der Waals surface area contributed by atoms with Crippen LogP contribution in [0.15, 0.2) is 0 Å². The summed E-state index contributed by atoms with van der Waals surface area (Å²) < 4.78 is 15.5. The lowest BCUT2D eigenvalue weighted by atomic mass is 9.93. The largest absolute Gasteiger partial charge is 0.239 e. The molecular weight excluding hydrogens is 282 g/mol. The van der Waals surface area contributed by atoms with Gasteiger partial charge in [-0.1, -0.05) is 20.8 Å². The van der Waals surface area contributed by atoms with E-state index in [1.54, 1.807) is 0 Å². The quantitative estimate of drug-likeness (QED) is 0.729. The highest BCUT2D eigenvalue weighted by atomic mass is 127. The lowest BCUT2D eigenvalue weighted by molar-refractivity contribution is 0.462. The van der Waals surface area contributed by atoms with Gasteiger partial charge in [0, 0.05) is 12.0 Å². The van der Waals surface area contributed by atoms with Crippen molar-refractivity contribution in [3.05, 3.63) is 15.2 Å². The van der Waals surface area contributed by atoms with E-state index in [4.69, 9.17) is 0 Å². The van der Waals surface area contributed by atoms with Crippen molar-refractivity contribution in [3.8, 4) is 0 Å². The van der Waals surface area contributed by atoms with Gasteiger partial charge in [-0.05, 0) is 29.5 Å². The van der Waals surface area contributed by atoms with Crippen molar-refractivity contribution in [2.24, 2.45) is 0 Å². The minimum atomic E-state index is -0.215. The van der Waals surface area contributed by atoms with E-state index in [9.17, 15) is 4.39 Å². The molecule has 0 spiro atoms. The number of rotatable bonds is 1. The van der Waals surface area contributed by atoms with Crippen LogP contribution in [0.1, 0.15) is 33.4 Å². The van der Waals surface area contributed by atoms with Crippen molar-refractivity contribution in [2.45, 2.75) is 39.7 Å². The third-order valence-electron chi connectivity index (χ3n) is 1.85. The number of aromatic nitrogens is 2. The van der Waals surface area contributed by atoms with Crippen LogP contribution in [0.4, 0.5) is 4.39 Å². The maximum atomic E-state index is 13.4. The molecule has 1 aromatic heterocycles. The summed E-state index contributed by atoms with van der Waals surface area (Å²) in [4.78, 5) is 0. The summed E-state index contributed by atoms with van der Waals surface area (Å²) in [5.41, 5.74) is 0.755. The Hall–Kier alpha value is -0.130. The zero-order valence-corrected chi connectivity index (χ0v) is 10.5. The van der Waals surface area contributed by atoms with Crippen LogP contribution >= 0.6 is 22.6 Å². The van der Waals surface area contributed by atoms with Gasteiger partial charge in [-0.3, -0.25) is 0 Å². The van der Waals surface area contributed by atoms with Crippen molar-refractivity contribution in [2.75, 3.05) is 0 Å². The molecule has 0 radical (unpaired) electrons. The highest BCUT2D eigenvalue weighted by Crippen LogP contribution is 2.27. The number of halogens is 2. The molecule has 74 valence electrons. The molecule has 0 aliphatic carbocycles. The summed E-state index contributed by atoms with van der Waals surface area (Å²) in [6, 6.07) is 0. The van der Waals surface area contributed by atoms with Gasteiger partial charge in [-0.2, -0.15) is 9.49 Å². The molecule has 1 rings (SSSR count). The number of aryl methyl sites for hydroxylation is 1. The van der Waals surface area contributed by atoms with Gasteiger partial charge in [0.25, 0.3) is 0 Å². The molecule has 2 nitrogen and oxygen atoms in total. The van der Waals surface area contributed by atoms with E-state index < -0.39 is 0 Å². The number of hydrogen-bond donors (Lipinski definition) is 0. The molecule has 0 aromatic carbocycles. The van der Waals surface area contributed by atoms with Crippen LogP contribution in [0.3, 0.4) is 0 Å². The molecule has 0 aliphatic heterocycles. The molecular formula is C9H14FIN2. The third-order valence-corrected chi connectivity index (χ3v) is 2.80. The maximum Gasteiger partial charge on any atom is 0.225 e. The van der Waals surface area contributed by atoms with Crippen LogP contribution in [0.2, 0.25) is 0 Å². The summed E-state index contributed by atoms with van der Waals surface area (Å²) >= 11 is 2.02. The fourth-order valence-electron chi connectivity index (χ4n) is 1.11. The van der Waals surface area contributed by atoms with Gasteiger partial charge >= 0.3 is 0 Å². The molecule has 0 atom stereocenters. The van der Waals surface area contributed by atoms with Crippen LogP contribution in [-0.2, 0) is 12.0 Å². The SMILES string of the molecule is CCn1nc(C(C)(C)C)c(I)c1F. The first-order chi connectivity index (χ1) is 5.88. The molecule has 0 amide bonds. The summed E-state index contributed by atoms with van der Waals surface area (Å²) in [6.07, 6.45) is 0. The molecule has 0 bridgehead atoms. The first-order valence-electron chi connectivity index (χ1n) is 4.30. The molecule has 0 N–H and O–H groups in total. The molecule has 1 heterocycles. The highest BCUT2D eigenvalue weighted by molar-refractivity contribution is 14.1. The normalized spacial score (nSPS) is 12.2. The second-order valence-corrected chi connectivity index (χ2v) is 5.10. The average Bonchev–Trinajstić information content (AvgIpc) is 2.28. The van der Waals surface area contributed by atoms with E-state index in [1.165, 1.54) is 4.68 Å². The van der Waals surface area contributed by atoms with Gasteiger partial charge in [-0.25, -0.2) is 4.68 Å². The smallest absolute Gasteiger partial charge is 0.225 e. The summed E-state index contributed by atoms with van der Waals surface area (Å²) in [7, 11) is 0. The molecule has 0 aliphatic rings. The monoisotopic (exact) mass is 296 g/mol. The van der Waals surface area contributed by atoms with E-state index in [2.05, 4.69) is 5.10 Å². The predicted molar refractivity (Wildman–Crippen MR) is 59.3 cm³/mol. The first-order valence-corrected chi connectivity index (χ1v) is 5.38. The number of nitrogens with zero attached hydrogens (tertiary/aromatic N) is 2. The molecule has 0 unspecified atom stereocenters. The second kappa shape index (κ2) is 3.55. The van der Waals surface area contributed by atoms with Crippen molar-refractivity contribution in [1.29, 1.82) is 0 Å². The maximum absolute atomic E-state index is 13.4. The minimum absolute atomic E-state index is 0.0855. The zero-order valence-electron chi connectivity index (χ0n) is 8.36. The van der Waals surface area contributed by atoms with E-state index in [1.807, 2.05) is 50.3 Å². The van der Waals surface area contributed by atoms with E-state index in [0.29, 0.717) is 10.1 Å². The number of hydrogen-bond acceptors (Lipinski definition) is 1. The fraction of sp³-hybridized carbons (Fsp3) is 0.667. The predicted octanol–water partition coefficient (Wildman–Crippen LogP) is 2.94. The second-order valence-electron chi connectivity index (χ2n) is 4.02. The van der Waals surface area contributed by atoms with Gasteiger partial charge in [0.1, 0.15) is 0 Å². The molecule has 0 saturated carbocycles. The summed E-state index contributed by atoms with van der Waals surface area (Å²) in [5, 5.41) is 4.23. The van der Waals surface area contributed by atoms with Crippen LogP contribution in [0, 0.1) is 9.52 Å². The van der Waals surface area contributed by atoms with E-state index >= 15 is 0 Å². The van der Waals surface area contributed by atoms with E-state index in [0.717, 1.165) is 5.69 Å². The Kier molecular flexibility index (Phi) is 2.99. The van der Waals surface area contributed by atoms with Gasteiger partial charge < -0.3 is 0 Å². The molecule has 0 saturated heterocycles. The Morgan fingerprint density at radius 3 is 2.23 bits per heavy atom.